The van der Waals surface area contributed by atoms with Crippen LogP contribution in [0.25, 0.3) is 0 Å². The number of nitrogens with one attached hydrogen (secondary N) is 1. The van der Waals surface area contributed by atoms with Crippen molar-refractivity contribution in [3.63, 3.8) is 0 Å². The summed E-state index contributed by atoms with van der Waals surface area (Å²) in [7, 11) is 1.93. The molecule has 3 atom stereocenters. The van der Waals surface area contributed by atoms with Crippen LogP contribution in [-0.2, 0) is 4.79 Å². The van der Waals surface area contributed by atoms with Crippen molar-refractivity contribution in [3.05, 3.63) is 36.1 Å². The summed E-state index contributed by atoms with van der Waals surface area (Å²) in [6, 6.07) is 1.94. The molecule has 0 bridgehead atoms. The Hall–Kier alpha value is -1.93. The minimum absolute atomic E-state index is 0.0208. The number of hydrogen-bond donors (Lipinski definition) is 1. The molecule has 24 heavy (non-hydrogen) atoms. The Balaban J connectivity index is 0.000000405. The molecule has 3 unspecified atom stereocenters. The minimum Gasteiger partial charge on any atom is -0.388 e. The second kappa shape index (κ2) is 12.5. The fraction of sp³-hybridized carbons (Fsp3) is 0.526. The van der Waals surface area contributed by atoms with Gasteiger partial charge in [-0.25, -0.2) is 0 Å². The third-order valence-electron chi connectivity index (χ3n) is 3.64. The van der Waals surface area contributed by atoms with E-state index in [1.165, 1.54) is 5.70 Å². The number of carbonyl (C=O) groups excluding carboxylic acids is 1. The van der Waals surface area contributed by atoms with Gasteiger partial charge < -0.3 is 15.0 Å². The van der Waals surface area contributed by atoms with E-state index >= 15 is 0 Å². The number of thiocarbonyl (C=S) groups is 1. The molecule has 1 heterocycles. The molecule has 4 nitrogen and oxygen atoms in total. The zero-order chi connectivity index (χ0) is 18.5. The van der Waals surface area contributed by atoms with Gasteiger partial charge in [0.2, 0.25) is 0 Å². The summed E-state index contributed by atoms with van der Waals surface area (Å²) in [4.78, 5) is 13.0. The van der Waals surface area contributed by atoms with Gasteiger partial charge in [-0.2, -0.15) is 5.26 Å². The van der Waals surface area contributed by atoms with Gasteiger partial charge in [0.05, 0.1) is 11.1 Å². The molecule has 2 aliphatic rings. The second-order valence-corrected chi connectivity index (χ2v) is 6.01. The first-order chi connectivity index (χ1) is 11.5. The van der Waals surface area contributed by atoms with Crippen molar-refractivity contribution < 1.29 is 4.79 Å². The lowest BCUT2D eigenvalue weighted by molar-refractivity contribution is -0.110. The van der Waals surface area contributed by atoms with Gasteiger partial charge in [-0.15, -0.1) is 0 Å². The average molecular weight is 348 g/mol. The second-order valence-electron chi connectivity index (χ2n) is 5.42. The molecule has 1 aliphatic carbocycles. The smallest absolute Gasteiger partial charge is 0.124 e. The van der Waals surface area contributed by atoms with E-state index in [2.05, 4.69) is 48.7 Å². The molecule has 1 aliphatic heterocycles. The monoisotopic (exact) mass is 347 g/mol. The predicted molar refractivity (Wildman–Crippen MR) is 104 cm³/mol. The van der Waals surface area contributed by atoms with Gasteiger partial charge in [0.25, 0.3) is 0 Å². The van der Waals surface area contributed by atoms with Crippen LogP contribution in [0.1, 0.15) is 34.1 Å². The molecule has 5 heteroatoms. The van der Waals surface area contributed by atoms with Gasteiger partial charge in [0, 0.05) is 25.2 Å². The number of likely N-dealkylation sites (tertiary alicyclic amines) is 1. The maximum atomic E-state index is 10.5. The van der Waals surface area contributed by atoms with Gasteiger partial charge in [-0.05, 0) is 31.4 Å². The quantitative estimate of drug-likeness (QED) is 0.611. The summed E-state index contributed by atoms with van der Waals surface area (Å²) in [5.74, 6) is 0.537. The maximum Gasteiger partial charge on any atom is 0.124 e. The molecule has 1 N–H and O–H groups in total. The first-order valence-electron chi connectivity index (χ1n) is 8.38. The van der Waals surface area contributed by atoms with E-state index < -0.39 is 0 Å². The van der Waals surface area contributed by atoms with Crippen LogP contribution in [0.2, 0.25) is 0 Å². The van der Waals surface area contributed by atoms with Gasteiger partial charge in [0.1, 0.15) is 12.3 Å². The summed E-state index contributed by atoms with van der Waals surface area (Å²) in [5.41, 5.74) is 1.17. The molecule has 0 aromatic heterocycles. The highest BCUT2D eigenvalue weighted by atomic mass is 32.1. The molecule has 0 aromatic rings. The predicted octanol–water partition coefficient (Wildman–Crippen LogP) is 3.62. The molecule has 0 radical (unpaired) electrons. The Morgan fingerprint density at radius 2 is 2.12 bits per heavy atom. The minimum atomic E-state index is -0.197. The number of likely N-dealkylation sites (N-methyl/N-ethyl adjacent to an activating group) is 1. The molecule has 132 valence electrons. The molecular formula is C19H29N3OS. The van der Waals surface area contributed by atoms with E-state index in [0.717, 1.165) is 6.29 Å². The summed E-state index contributed by atoms with van der Waals surface area (Å²) < 4.78 is 0. The van der Waals surface area contributed by atoms with Crippen LogP contribution in [0.5, 0.6) is 0 Å². The number of nitriles is 1. The van der Waals surface area contributed by atoms with E-state index in [4.69, 9.17) is 17.5 Å². The summed E-state index contributed by atoms with van der Waals surface area (Å²) >= 11 is 4.96. The van der Waals surface area contributed by atoms with Crippen LogP contribution in [0.15, 0.2) is 36.1 Å². The molecular weight excluding hydrogens is 318 g/mol. The topological polar surface area (TPSA) is 56.1 Å². The van der Waals surface area contributed by atoms with Crippen molar-refractivity contribution in [3.8, 4) is 6.07 Å². The van der Waals surface area contributed by atoms with Gasteiger partial charge in [-0.3, -0.25) is 0 Å². The van der Waals surface area contributed by atoms with Gasteiger partial charge in [0.15, 0.2) is 0 Å². The molecule has 0 amide bonds. The van der Waals surface area contributed by atoms with E-state index in [0.29, 0.717) is 23.9 Å². The van der Waals surface area contributed by atoms with Gasteiger partial charge in [-0.1, -0.05) is 51.2 Å². The van der Waals surface area contributed by atoms with Crippen molar-refractivity contribution in [2.45, 2.75) is 40.2 Å². The van der Waals surface area contributed by atoms with Gasteiger partial charge >= 0.3 is 0 Å². The normalized spacial score (nSPS) is 24.2. The first kappa shape index (κ1) is 22.1. The third-order valence-corrected chi connectivity index (χ3v) is 3.87. The Morgan fingerprint density at radius 3 is 2.58 bits per heavy atom. The number of hydrogen-bond acceptors (Lipinski definition) is 4. The number of aldehydes is 1. The highest BCUT2D eigenvalue weighted by molar-refractivity contribution is 7.80. The Kier molecular flexibility index (Phi) is 11.5. The van der Waals surface area contributed by atoms with Crippen LogP contribution >= 0.6 is 12.2 Å². The maximum absolute atomic E-state index is 10.5. The first-order valence-corrected chi connectivity index (χ1v) is 8.79. The van der Waals surface area contributed by atoms with Crippen LogP contribution in [0.3, 0.4) is 0 Å². The fourth-order valence-electron chi connectivity index (χ4n) is 2.31. The van der Waals surface area contributed by atoms with E-state index in [9.17, 15) is 4.79 Å². The van der Waals surface area contributed by atoms with Crippen molar-refractivity contribution in [2.24, 2.45) is 11.8 Å². The lowest BCUT2D eigenvalue weighted by Crippen LogP contribution is -2.31. The zero-order valence-electron chi connectivity index (χ0n) is 15.3. The highest BCUT2D eigenvalue weighted by Gasteiger charge is 2.31. The van der Waals surface area contributed by atoms with Crippen LogP contribution in [-0.4, -0.2) is 35.8 Å². The molecule has 1 fully saturated rings. The lowest BCUT2D eigenvalue weighted by Gasteiger charge is -2.19. The molecule has 1 saturated heterocycles. The van der Waals surface area contributed by atoms with Crippen molar-refractivity contribution >= 4 is 23.5 Å². The number of carbonyl (C=O) groups is 1. The average Bonchev–Trinajstić information content (AvgIpc) is 2.93. The van der Waals surface area contributed by atoms with E-state index in [1.54, 1.807) is 6.92 Å². The van der Waals surface area contributed by atoms with E-state index in [-0.39, 0.29) is 12.0 Å². The molecule has 0 aromatic carbocycles. The van der Waals surface area contributed by atoms with Crippen LogP contribution in [0, 0.1) is 23.2 Å². The zero-order valence-corrected chi connectivity index (χ0v) is 16.1. The summed E-state index contributed by atoms with van der Waals surface area (Å²) in [6.45, 7) is 8.56. The van der Waals surface area contributed by atoms with Crippen LogP contribution < -0.4 is 5.32 Å². The Morgan fingerprint density at radius 1 is 1.46 bits per heavy atom. The number of allylic oxidation sites excluding steroid dienone is 5. The summed E-state index contributed by atoms with van der Waals surface area (Å²) in [6.07, 6.45) is 12.1. The molecule has 2 rings (SSSR count). The van der Waals surface area contributed by atoms with Crippen molar-refractivity contribution in [1.29, 1.82) is 5.26 Å². The number of rotatable bonds is 2. The third kappa shape index (κ3) is 7.56. The number of nitrogens with zero attached hydrogens (tertiary/aromatic N) is 2. The standard InChI is InChI=1S/C9H13N.C8H10N2OS.C2H6/c1-8-4-3-5-9(10-2)7-6-8;1-6(12)10-4-7(5-11)2-8(10)3-9;1-2/h3-8,10H,1-2H3;5,7-8H,2,4H2,1H3;1-2H3. The lowest BCUT2D eigenvalue weighted by atomic mass is 10.1. The van der Waals surface area contributed by atoms with E-state index in [1.807, 2.05) is 25.8 Å². The molecule has 0 saturated carbocycles. The fourth-order valence-corrected chi connectivity index (χ4v) is 2.52. The van der Waals surface area contributed by atoms with Crippen molar-refractivity contribution in [2.75, 3.05) is 13.6 Å². The Labute approximate surface area is 151 Å². The highest BCUT2D eigenvalue weighted by Crippen LogP contribution is 2.21. The largest absolute Gasteiger partial charge is 0.388 e. The SMILES string of the molecule is CC.CC(=S)N1CC(C=O)CC1C#N.CNC1=CC=CC(C)C=C1. The van der Waals surface area contributed by atoms with Crippen molar-refractivity contribution in [1.82, 2.24) is 10.2 Å². The van der Waals surface area contributed by atoms with Crippen LogP contribution in [0.4, 0.5) is 0 Å². The Bertz CT molecular complexity index is 531. The molecule has 0 spiro atoms. The summed E-state index contributed by atoms with van der Waals surface area (Å²) in [5, 5.41) is 11.8.